The molecular weight excluding hydrogens is 237 g/mol. The van der Waals surface area contributed by atoms with Gasteiger partial charge < -0.3 is 0 Å². The van der Waals surface area contributed by atoms with Crippen molar-refractivity contribution in [1.29, 1.82) is 5.26 Å². The van der Waals surface area contributed by atoms with E-state index in [0.29, 0.717) is 5.92 Å². The summed E-state index contributed by atoms with van der Waals surface area (Å²) in [4.78, 5) is 0. The maximum atomic E-state index is 12.9. The molecular formula is C17H20FN. The smallest absolute Gasteiger partial charge is 0.123 e. The first-order valence-electron chi connectivity index (χ1n) is 7.09. The molecule has 2 rings (SSSR count). The summed E-state index contributed by atoms with van der Waals surface area (Å²) in [6.07, 6.45) is 10.7. The maximum absolute atomic E-state index is 12.9. The maximum Gasteiger partial charge on any atom is 0.123 e. The molecule has 1 aromatic rings. The predicted molar refractivity (Wildman–Crippen MR) is 75.1 cm³/mol. The van der Waals surface area contributed by atoms with Crippen LogP contribution < -0.4 is 0 Å². The van der Waals surface area contributed by atoms with Gasteiger partial charge in [-0.25, -0.2) is 4.39 Å². The van der Waals surface area contributed by atoms with E-state index in [1.165, 1.54) is 37.7 Å². The van der Waals surface area contributed by atoms with Crippen LogP contribution in [0.1, 0.15) is 50.0 Å². The van der Waals surface area contributed by atoms with Gasteiger partial charge in [0, 0.05) is 6.08 Å². The summed E-state index contributed by atoms with van der Waals surface area (Å²) in [6, 6.07) is 9.01. The molecule has 0 radical (unpaired) electrons. The van der Waals surface area contributed by atoms with E-state index in [0.717, 1.165) is 12.3 Å². The second-order valence-electron chi connectivity index (χ2n) is 5.38. The van der Waals surface area contributed by atoms with Crippen molar-refractivity contribution in [2.45, 2.75) is 44.4 Å². The van der Waals surface area contributed by atoms with Crippen molar-refractivity contribution in [3.05, 3.63) is 47.8 Å². The zero-order chi connectivity index (χ0) is 13.5. The van der Waals surface area contributed by atoms with Gasteiger partial charge in [-0.15, -0.1) is 0 Å². The van der Waals surface area contributed by atoms with Crippen LogP contribution in [0, 0.1) is 23.1 Å². The SMILES string of the molecule is N#C/C=C/CCC1CCC(c2ccc(F)cc2)CC1. The van der Waals surface area contributed by atoms with Gasteiger partial charge in [0.25, 0.3) is 0 Å². The lowest BCUT2D eigenvalue weighted by molar-refractivity contribution is 0.312. The second kappa shape index (κ2) is 7.09. The Kier molecular flexibility index (Phi) is 5.15. The summed E-state index contributed by atoms with van der Waals surface area (Å²) in [5.41, 5.74) is 1.28. The Morgan fingerprint density at radius 1 is 1.16 bits per heavy atom. The summed E-state index contributed by atoms with van der Waals surface area (Å²) < 4.78 is 12.9. The quantitative estimate of drug-likeness (QED) is 0.699. The molecule has 0 unspecified atom stereocenters. The average Bonchev–Trinajstić information content (AvgIpc) is 2.45. The molecule has 1 saturated carbocycles. The molecule has 0 aliphatic heterocycles. The highest BCUT2D eigenvalue weighted by molar-refractivity contribution is 5.20. The minimum atomic E-state index is -0.151. The molecule has 1 aromatic carbocycles. The van der Waals surface area contributed by atoms with Gasteiger partial charge in [0.1, 0.15) is 5.82 Å². The monoisotopic (exact) mass is 257 g/mol. The van der Waals surface area contributed by atoms with Crippen LogP contribution in [0.25, 0.3) is 0 Å². The van der Waals surface area contributed by atoms with Crippen molar-refractivity contribution < 1.29 is 4.39 Å². The minimum Gasteiger partial charge on any atom is -0.207 e. The minimum absolute atomic E-state index is 0.151. The van der Waals surface area contributed by atoms with E-state index in [1.807, 2.05) is 24.3 Å². The molecule has 0 heterocycles. The molecule has 0 spiro atoms. The normalized spacial score (nSPS) is 23.4. The van der Waals surface area contributed by atoms with Crippen molar-refractivity contribution in [2.24, 2.45) is 5.92 Å². The molecule has 0 amide bonds. The first kappa shape index (κ1) is 13.8. The first-order chi connectivity index (χ1) is 9.29. The Morgan fingerprint density at radius 3 is 2.47 bits per heavy atom. The number of hydrogen-bond donors (Lipinski definition) is 0. The number of nitrogens with zero attached hydrogens (tertiary/aromatic N) is 1. The average molecular weight is 257 g/mol. The summed E-state index contributed by atoms with van der Waals surface area (Å²) >= 11 is 0. The third-order valence-corrected chi connectivity index (χ3v) is 4.12. The highest BCUT2D eigenvalue weighted by Gasteiger charge is 2.21. The molecule has 0 aromatic heterocycles. The van der Waals surface area contributed by atoms with Crippen molar-refractivity contribution in [3.8, 4) is 6.07 Å². The fourth-order valence-electron chi connectivity index (χ4n) is 2.99. The number of rotatable bonds is 4. The Bertz CT molecular complexity index is 447. The molecule has 19 heavy (non-hydrogen) atoms. The number of nitriles is 1. The fraction of sp³-hybridized carbons (Fsp3) is 0.471. The molecule has 100 valence electrons. The number of allylic oxidation sites excluding steroid dienone is 2. The van der Waals surface area contributed by atoms with Gasteiger partial charge in [0.2, 0.25) is 0 Å². The Labute approximate surface area is 114 Å². The Morgan fingerprint density at radius 2 is 1.84 bits per heavy atom. The van der Waals surface area contributed by atoms with Crippen LogP contribution in [0.15, 0.2) is 36.4 Å². The molecule has 0 saturated heterocycles. The van der Waals surface area contributed by atoms with Gasteiger partial charge >= 0.3 is 0 Å². The standard InChI is InChI=1S/C17H20FN/c18-17-11-9-16(10-12-17)15-7-5-14(6-8-15)4-2-1-3-13-19/h1,3,9-12,14-15H,2,4-8H2/b3-1+. The zero-order valence-corrected chi connectivity index (χ0v) is 11.2. The van der Waals surface area contributed by atoms with E-state index < -0.39 is 0 Å². The molecule has 1 aliphatic carbocycles. The lowest BCUT2D eigenvalue weighted by Crippen LogP contribution is -2.13. The molecule has 0 N–H and O–H groups in total. The van der Waals surface area contributed by atoms with Crippen LogP contribution >= 0.6 is 0 Å². The van der Waals surface area contributed by atoms with Crippen LogP contribution in [0.3, 0.4) is 0 Å². The molecule has 2 heteroatoms. The summed E-state index contributed by atoms with van der Waals surface area (Å²) in [6.45, 7) is 0. The summed E-state index contributed by atoms with van der Waals surface area (Å²) in [5.74, 6) is 1.24. The number of benzene rings is 1. The van der Waals surface area contributed by atoms with E-state index in [9.17, 15) is 4.39 Å². The predicted octanol–water partition coefficient (Wildman–Crippen LogP) is 4.96. The third-order valence-electron chi connectivity index (χ3n) is 4.12. The van der Waals surface area contributed by atoms with Crippen LogP contribution in [0.4, 0.5) is 4.39 Å². The molecule has 1 nitrogen and oxygen atoms in total. The largest absolute Gasteiger partial charge is 0.207 e. The van der Waals surface area contributed by atoms with Crippen LogP contribution in [0.2, 0.25) is 0 Å². The number of hydrogen-bond acceptors (Lipinski definition) is 1. The lowest BCUT2D eigenvalue weighted by Gasteiger charge is -2.28. The Balaban J connectivity index is 1.78. The zero-order valence-electron chi connectivity index (χ0n) is 11.2. The molecule has 0 atom stereocenters. The fourth-order valence-corrected chi connectivity index (χ4v) is 2.99. The van der Waals surface area contributed by atoms with E-state index in [1.54, 1.807) is 18.2 Å². The summed E-state index contributed by atoms with van der Waals surface area (Å²) in [5, 5.41) is 8.42. The second-order valence-corrected chi connectivity index (χ2v) is 5.38. The van der Waals surface area contributed by atoms with Crippen molar-refractivity contribution in [1.82, 2.24) is 0 Å². The van der Waals surface area contributed by atoms with Gasteiger partial charge in [-0.2, -0.15) is 5.26 Å². The van der Waals surface area contributed by atoms with Gasteiger partial charge in [-0.3, -0.25) is 0 Å². The molecule has 0 bridgehead atoms. The summed E-state index contributed by atoms with van der Waals surface area (Å²) in [7, 11) is 0. The third kappa shape index (κ3) is 4.21. The van der Waals surface area contributed by atoms with Gasteiger partial charge in [0.15, 0.2) is 0 Å². The van der Waals surface area contributed by atoms with E-state index >= 15 is 0 Å². The first-order valence-corrected chi connectivity index (χ1v) is 7.09. The highest BCUT2D eigenvalue weighted by atomic mass is 19.1. The van der Waals surface area contributed by atoms with Crippen molar-refractivity contribution >= 4 is 0 Å². The van der Waals surface area contributed by atoms with Crippen LogP contribution in [0.5, 0.6) is 0 Å². The van der Waals surface area contributed by atoms with Gasteiger partial charge in [-0.1, -0.05) is 18.2 Å². The van der Waals surface area contributed by atoms with Crippen LogP contribution in [-0.4, -0.2) is 0 Å². The van der Waals surface area contributed by atoms with Gasteiger partial charge in [-0.05, 0) is 68.1 Å². The van der Waals surface area contributed by atoms with E-state index in [2.05, 4.69) is 0 Å². The van der Waals surface area contributed by atoms with Crippen molar-refractivity contribution in [2.75, 3.05) is 0 Å². The van der Waals surface area contributed by atoms with Crippen LogP contribution in [-0.2, 0) is 0 Å². The highest BCUT2D eigenvalue weighted by Crippen LogP contribution is 2.37. The van der Waals surface area contributed by atoms with Gasteiger partial charge in [0.05, 0.1) is 6.07 Å². The topological polar surface area (TPSA) is 23.8 Å². The van der Waals surface area contributed by atoms with Crippen molar-refractivity contribution in [3.63, 3.8) is 0 Å². The van der Waals surface area contributed by atoms with E-state index in [4.69, 9.17) is 5.26 Å². The lowest BCUT2D eigenvalue weighted by atomic mass is 9.77. The number of halogens is 1. The molecule has 1 fully saturated rings. The molecule has 1 aliphatic rings. The Hall–Kier alpha value is -1.62. The van der Waals surface area contributed by atoms with E-state index in [-0.39, 0.29) is 5.82 Å².